The Balaban J connectivity index is 2.43. The predicted molar refractivity (Wildman–Crippen MR) is 80.8 cm³/mol. The Hall–Kier alpha value is -2.21. The molecule has 0 aliphatic carbocycles. The number of nitrogens with one attached hydrogen (secondary N) is 1. The van der Waals surface area contributed by atoms with Gasteiger partial charge in [0.15, 0.2) is 0 Å². The van der Waals surface area contributed by atoms with Crippen LogP contribution in [0, 0.1) is 5.82 Å². The van der Waals surface area contributed by atoms with Gasteiger partial charge in [-0.05, 0) is 30.5 Å². The van der Waals surface area contributed by atoms with Crippen LogP contribution in [0.1, 0.15) is 10.4 Å². The Kier molecular flexibility index (Phi) is 4.14. The summed E-state index contributed by atoms with van der Waals surface area (Å²) in [5.74, 6) is -1.23. The number of thioether (sulfide) groups is 1. The van der Waals surface area contributed by atoms with E-state index in [1.165, 1.54) is 17.8 Å². The number of primary amides is 1. The van der Waals surface area contributed by atoms with Crippen LogP contribution >= 0.6 is 11.8 Å². The first kappa shape index (κ1) is 14.2. The smallest absolute Gasteiger partial charge is 0.250 e. The van der Waals surface area contributed by atoms with Gasteiger partial charge in [0.1, 0.15) is 5.82 Å². The minimum atomic E-state index is -0.691. The first-order valence-corrected chi connectivity index (χ1v) is 7.04. The van der Waals surface area contributed by atoms with E-state index in [9.17, 15) is 9.18 Å². The van der Waals surface area contributed by atoms with Crippen molar-refractivity contribution < 1.29 is 9.18 Å². The van der Waals surface area contributed by atoms with Crippen molar-refractivity contribution in [2.24, 2.45) is 5.73 Å². The molecule has 0 saturated heterocycles. The summed E-state index contributed by atoms with van der Waals surface area (Å²) in [4.78, 5) is 12.2. The fourth-order valence-corrected chi connectivity index (χ4v) is 2.34. The summed E-state index contributed by atoms with van der Waals surface area (Å²) >= 11 is 1.53. The minimum absolute atomic E-state index is 0.0266. The molecule has 0 aliphatic heterocycles. The number of carbonyl (C=O) groups is 1. The summed E-state index contributed by atoms with van der Waals surface area (Å²) in [6.07, 6.45) is 1.93. The molecule has 0 radical (unpaired) electrons. The van der Waals surface area contributed by atoms with E-state index in [2.05, 4.69) is 5.32 Å². The SMILES string of the molecule is CSc1ccccc1Nc1cc(C(N)=O)c(N)cc1F. The van der Waals surface area contributed by atoms with Gasteiger partial charge in [0.25, 0.3) is 5.91 Å². The molecule has 4 nitrogen and oxygen atoms in total. The molecule has 5 N–H and O–H groups in total. The molecular weight excluding hydrogens is 277 g/mol. The third kappa shape index (κ3) is 2.85. The molecule has 0 atom stereocenters. The molecule has 20 heavy (non-hydrogen) atoms. The molecule has 6 heteroatoms. The number of nitrogen functional groups attached to an aromatic ring is 1. The lowest BCUT2D eigenvalue weighted by Crippen LogP contribution is -2.14. The number of anilines is 3. The molecule has 0 heterocycles. The number of benzene rings is 2. The molecule has 0 aliphatic rings. The summed E-state index contributed by atoms with van der Waals surface area (Å²) in [6, 6.07) is 9.88. The lowest BCUT2D eigenvalue weighted by atomic mass is 10.1. The van der Waals surface area contributed by atoms with Gasteiger partial charge in [-0.15, -0.1) is 11.8 Å². The first-order chi connectivity index (χ1) is 9.52. The normalized spacial score (nSPS) is 10.3. The number of rotatable bonds is 4. The van der Waals surface area contributed by atoms with Gasteiger partial charge >= 0.3 is 0 Å². The van der Waals surface area contributed by atoms with Crippen LogP contribution in [0.15, 0.2) is 41.3 Å². The zero-order valence-corrected chi connectivity index (χ0v) is 11.6. The van der Waals surface area contributed by atoms with Crippen molar-refractivity contribution in [2.45, 2.75) is 4.90 Å². The second-order valence-corrected chi connectivity index (χ2v) is 4.96. The van der Waals surface area contributed by atoms with Crippen LogP contribution in [0.2, 0.25) is 0 Å². The molecular formula is C14H14FN3OS. The second-order valence-electron chi connectivity index (χ2n) is 4.11. The van der Waals surface area contributed by atoms with E-state index in [0.717, 1.165) is 16.6 Å². The number of hydrogen-bond donors (Lipinski definition) is 3. The Morgan fingerprint density at radius 2 is 1.95 bits per heavy atom. The van der Waals surface area contributed by atoms with Crippen molar-refractivity contribution in [3.8, 4) is 0 Å². The minimum Gasteiger partial charge on any atom is -0.398 e. The van der Waals surface area contributed by atoms with Crippen molar-refractivity contribution in [2.75, 3.05) is 17.3 Å². The van der Waals surface area contributed by atoms with Crippen molar-refractivity contribution in [1.82, 2.24) is 0 Å². The molecule has 0 spiro atoms. The monoisotopic (exact) mass is 291 g/mol. The molecule has 0 aromatic heterocycles. The summed E-state index contributed by atoms with van der Waals surface area (Å²) in [6.45, 7) is 0. The van der Waals surface area contributed by atoms with Crippen LogP contribution in [0.25, 0.3) is 0 Å². The molecule has 2 aromatic carbocycles. The highest BCUT2D eigenvalue weighted by atomic mass is 32.2. The fraction of sp³-hybridized carbons (Fsp3) is 0.0714. The fourth-order valence-electron chi connectivity index (χ4n) is 1.79. The van der Waals surface area contributed by atoms with Gasteiger partial charge in [0, 0.05) is 10.6 Å². The van der Waals surface area contributed by atoms with E-state index in [-0.39, 0.29) is 16.9 Å². The highest BCUT2D eigenvalue weighted by molar-refractivity contribution is 7.98. The van der Waals surface area contributed by atoms with Crippen LogP contribution in [-0.4, -0.2) is 12.2 Å². The summed E-state index contributed by atoms with van der Waals surface area (Å²) in [7, 11) is 0. The lowest BCUT2D eigenvalue weighted by Gasteiger charge is -2.13. The Bertz CT molecular complexity index is 661. The van der Waals surface area contributed by atoms with Crippen molar-refractivity contribution >= 4 is 34.7 Å². The van der Waals surface area contributed by atoms with E-state index in [0.29, 0.717) is 0 Å². The number of para-hydroxylation sites is 1. The molecule has 2 aromatic rings. The number of hydrogen-bond acceptors (Lipinski definition) is 4. The zero-order chi connectivity index (χ0) is 14.7. The van der Waals surface area contributed by atoms with Gasteiger partial charge in [-0.1, -0.05) is 12.1 Å². The third-order valence-electron chi connectivity index (χ3n) is 2.78. The van der Waals surface area contributed by atoms with Gasteiger partial charge in [0.05, 0.1) is 16.9 Å². The zero-order valence-electron chi connectivity index (χ0n) is 10.8. The van der Waals surface area contributed by atoms with E-state index in [4.69, 9.17) is 11.5 Å². The van der Waals surface area contributed by atoms with E-state index in [1.54, 1.807) is 0 Å². The largest absolute Gasteiger partial charge is 0.398 e. The highest BCUT2D eigenvalue weighted by Gasteiger charge is 2.13. The second kappa shape index (κ2) is 5.83. The molecule has 104 valence electrons. The maximum absolute atomic E-state index is 13.9. The van der Waals surface area contributed by atoms with E-state index in [1.807, 2.05) is 30.5 Å². The Labute approximate surface area is 120 Å². The quantitative estimate of drug-likeness (QED) is 0.597. The molecule has 1 amide bonds. The van der Waals surface area contributed by atoms with Gasteiger partial charge in [0.2, 0.25) is 0 Å². The van der Waals surface area contributed by atoms with Crippen molar-refractivity contribution in [1.29, 1.82) is 0 Å². The number of amides is 1. The molecule has 0 fully saturated rings. The maximum atomic E-state index is 13.9. The number of nitrogens with two attached hydrogens (primary N) is 2. The first-order valence-electron chi connectivity index (χ1n) is 5.81. The van der Waals surface area contributed by atoms with Crippen LogP contribution in [0.3, 0.4) is 0 Å². The van der Waals surface area contributed by atoms with Crippen molar-refractivity contribution in [3.63, 3.8) is 0 Å². The topological polar surface area (TPSA) is 81.1 Å². The van der Waals surface area contributed by atoms with Gasteiger partial charge < -0.3 is 16.8 Å². The van der Waals surface area contributed by atoms with Crippen LogP contribution < -0.4 is 16.8 Å². The predicted octanol–water partition coefficient (Wildman–Crippen LogP) is 2.97. The van der Waals surface area contributed by atoms with Crippen LogP contribution in [0.5, 0.6) is 0 Å². The van der Waals surface area contributed by atoms with E-state index < -0.39 is 11.7 Å². The maximum Gasteiger partial charge on any atom is 0.250 e. The van der Waals surface area contributed by atoms with Crippen LogP contribution in [0.4, 0.5) is 21.5 Å². The molecule has 0 unspecified atom stereocenters. The average Bonchev–Trinajstić information content (AvgIpc) is 2.42. The van der Waals surface area contributed by atoms with Crippen LogP contribution in [-0.2, 0) is 0 Å². The summed E-state index contributed by atoms with van der Waals surface area (Å²) in [5, 5.41) is 2.96. The third-order valence-corrected chi connectivity index (χ3v) is 3.58. The summed E-state index contributed by atoms with van der Waals surface area (Å²) < 4.78 is 13.9. The van der Waals surface area contributed by atoms with Gasteiger partial charge in [-0.25, -0.2) is 4.39 Å². The number of carbonyl (C=O) groups excluding carboxylic acids is 1. The molecule has 0 saturated carbocycles. The summed E-state index contributed by atoms with van der Waals surface area (Å²) in [5.41, 5.74) is 11.8. The Morgan fingerprint density at radius 1 is 1.25 bits per heavy atom. The van der Waals surface area contributed by atoms with E-state index >= 15 is 0 Å². The highest BCUT2D eigenvalue weighted by Crippen LogP contribution is 2.30. The lowest BCUT2D eigenvalue weighted by molar-refractivity contribution is 0.100. The number of halogens is 1. The Morgan fingerprint density at radius 3 is 2.60 bits per heavy atom. The van der Waals surface area contributed by atoms with Gasteiger partial charge in [-0.3, -0.25) is 4.79 Å². The molecule has 0 bridgehead atoms. The average molecular weight is 291 g/mol. The standard InChI is InChI=1S/C14H14FN3OS/c1-20-13-5-3-2-4-11(13)18-12-6-8(14(17)19)10(16)7-9(12)15/h2-7,18H,16H2,1H3,(H2,17,19). The van der Waals surface area contributed by atoms with Crippen molar-refractivity contribution in [3.05, 3.63) is 47.8 Å². The van der Waals surface area contributed by atoms with Gasteiger partial charge in [-0.2, -0.15) is 0 Å². The molecule has 2 rings (SSSR count).